The number of benzene rings is 1. The molecule has 1 aliphatic heterocycles. The van der Waals surface area contributed by atoms with Crippen LogP contribution in [0.2, 0.25) is 0 Å². The minimum absolute atomic E-state index is 0.283. The number of aliphatic hydroxyl groups is 1. The maximum absolute atomic E-state index is 9.49. The van der Waals surface area contributed by atoms with Crippen LogP contribution in [0, 0.1) is 19.8 Å². The van der Waals surface area contributed by atoms with Crippen LogP contribution >= 0.6 is 11.8 Å². The summed E-state index contributed by atoms with van der Waals surface area (Å²) in [5, 5.41) is 10.6. The third-order valence-corrected chi connectivity index (χ3v) is 7.00. The molecule has 0 bridgehead atoms. The van der Waals surface area contributed by atoms with E-state index in [4.69, 9.17) is 9.97 Å². The molecule has 3 heterocycles. The quantitative estimate of drug-likeness (QED) is 0.578. The van der Waals surface area contributed by atoms with E-state index in [1.165, 1.54) is 21.7 Å². The zero-order valence-corrected chi connectivity index (χ0v) is 19.5. The maximum Gasteiger partial charge on any atom is 0.150 e. The molecule has 1 aliphatic rings. The summed E-state index contributed by atoms with van der Waals surface area (Å²) in [5.41, 5.74) is 4.71. The standard InChI is InChI=1S/C24H32N4OS/c1-15(2)19-6-7-20(21(12-19)30-5)28-13-16(3)22-23(25-17(4)26-24(22)28)27-10-8-18(14-29)9-11-27/h6-7,12-13,15,18,29H,8-11,14H2,1-5H3. The Balaban J connectivity index is 1.84. The number of aryl methyl sites for hydroxylation is 2. The van der Waals surface area contributed by atoms with Crippen LogP contribution in [0.3, 0.4) is 0 Å². The van der Waals surface area contributed by atoms with E-state index in [1.807, 2.05) is 6.92 Å². The number of nitrogens with zero attached hydrogens (tertiary/aromatic N) is 4. The van der Waals surface area contributed by atoms with Crippen molar-refractivity contribution in [2.24, 2.45) is 5.92 Å². The zero-order chi connectivity index (χ0) is 21.4. The second-order valence-electron chi connectivity index (χ2n) is 8.67. The Morgan fingerprint density at radius 1 is 1.17 bits per heavy atom. The molecule has 0 radical (unpaired) electrons. The number of rotatable bonds is 5. The van der Waals surface area contributed by atoms with Crippen LogP contribution in [0.15, 0.2) is 29.3 Å². The second kappa shape index (κ2) is 8.60. The smallest absolute Gasteiger partial charge is 0.150 e. The molecule has 1 fully saturated rings. The Kier molecular flexibility index (Phi) is 6.07. The highest BCUT2D eigenvalue weighted by Gasteiger charge is 2.24. The number of hydrogen-bond acceptors (Lipinski definition) is 5. The number of piperidine rings is 1. The predicted octanol–water partition coefficient (Wildman–Crippen LogP) is 5.09. The van der Waals surface area contributed by atoms with Crippen molar-refractivity contribution < 1.29 is 5.11 Å². The van der Waals surface area contributed by atoms with Crippen LogP contribution in [-0.2, 0) is 0 Å². The van der Waals surface area contributed by atoms with Gasteiger partial charge in [-0.3, -0.25) is 4.57 Å². The average molecular weight is 425 g/mol. The van der Waals surface area contributed by atoms with Gasteiger partial charge in [-0.2, -0.15) is 0 Å². The van der Waals surface area contributed by atoms with Gasteiger partial charge in [0.15, 0.2) is 5.65 Å². The summed E-state index contributed by atoms with van der Waals surface area (Å²) in [6, 6.07) is 6.76. The minimum Gasteiger partial charge on any atom is -0.396 e. The molecule has 0 spiro atoms. The van der Waals surface area contributed by atoms with E-state index in [0.29, 0.717) is 11.8 Å². The van der Waals surface area contributed by atoms with Crippen LogP contribution in [0.1, 0.15) is 49.6 Å². The molecule has 6 heteroatoms. The van der Waals surface area contributed by atoms with Gasteiger partial charge in [0.05, 0.1) is 11.1 Å². The van der Waals surface area contributed by atoms with Crippen molar-refractivity contribution in [2.45, 2.75) is 51.3 Å². The van der Waals surface area contributed by atoms with Gasteiger partial charge in [0.1, 0.15) is 11.6 Å². The first-order chi connectivity index (χ1) is 14.4. The first-order valence-corrected chi connectivity index (χ1v) is 12.1. The molecular formula is C24H32N4OS. The molecule has 4 rings (SSSR count). The molecule has 30 heavy (non-hydrogen) atoms. The number of anilines is 1. The average Bonchev–Trinajstić information content (AvgIpc) is 3.08. The van der Waals surface area contributed by atoms with Gasteiger partial charge in [-0.15, -0.1) is 11.8 Å². The summed E-state index contributed by atoms with van der Waals surface area (Å²) < 4.78 is 2.24. The minimum atomic E-state index is 0.283. The third kappa shape index (κ3) is 3.83. The number of hydrogen-bond donors (Lipinski definition) is 1. The molecule has 1 aromatic carbocycles. The molecule has 0 amide bonds. The largest absolute Gasteiger partial charge is 0.396 e. The lowest BCUT2D eigenvalue weighted by atomic mass is 9.98. The lowest BCUT2D eigenvalue weighted by Gasteiger charge is -2.32. The highest BCUT2D eigenvalue weighted by Crippen LogP contribution is 2.35. The second-order valence-corrected chi connectivity index (χ2v) is 9.52. The Labute approximate surface area is 183 Å². The maximum atomic E-state index is 9.49. The van der Waals surface area contributed by atoms with E-state index in [0.717, 1.165) is 48.6 Å². The highest BCUT2D eigenvalue weighted by atomic mass is 32.2. The van der Waals surface area contributed by atoms with Gasteiger partial charge >= 0.3 is 0 Å². The SMILES string of the molecule is CSc1cc(C(C)C)ccc1-n1cc(C)c2c(N3CCC(CO)CC3)nc(C)nc21. The van der Waals surface area contributed by atoms with E-state index < -0.39 is 0 Å². The number of thioether (sulfide) groups is 1. The molecule has 1 saturated heterocycles. The lowest BCUT2D eigenvalue weighted by molar-refractivity contribution is 0.203. The molecule has 5 nitrogen and oxygen atoms in total. The van der Waals surface area contributed by atoms with Crippen molar-refractivity contribution in [3.63, 3.8) is 0 Å². The Bertz CT molecular complexity index is 1050. The van der Waals surface area contributed by atoms with Crippen molar-refractivity contribution in [3.05, 3.63) is 41.3 Å². The van der Waals surface area contributed by atoms with Gasteiger partial charge in [0.2, 0.25) is 0 Å². The van der Waals surface area contributed by atoms with Crippen molar-refractivity contribution >= 4 is 28.6 Å². The molecule has 0 atom stereocenters. The van der Waals surface area contributed by atoms with Crippen molar-refractivity contribution in [2.75, 3.05) is 30.9 Å². The van der Waals surface area contributed by atoms with Gasteiger partial charge in [0, 0.05) is 30.8 Å². The molecule has 2 aromatic heterocycles. The first-order valence-electron chi connectivity index (χ1n) is 10.8. The topological polar surface area (TPSA) is 54.2 Å². The van der Waals surface area contributed by atoms with Gasteiger partial charge in [-0.25, -0.2) is 9.97 Å². The summed E-state index contributed by atoms with van der Waals surface area (Å²) in [6.45, 7) is 10.7. The van der Waals surface area contributed by atoms with Crippen molar-refractivity contribution in [1.82, 2.24) is 14.5 Å². The fourth-order valence-corrected chi connectivity index (χ4v) is 5.01. The summed E-state index contributed by atoms with van der Waals surface area (Å²) in [7, 11) is 0. The summed E-state index contributed by atoms with van der Waals surface area (Å²) >= 11 is 1.78. The molecule has 0 aliphatic carbocycles. The zero-order valence-electron chi connectivity index (χ0n) is 18.6. The molecule has 0 saturated carbocycles. The number of aliphatic hydroxyl groups excluding tert-OH is 1. The van der Waals surface area contributed by atoms with Crippen molar-refractivity contribution in [1.29, 1.82) is 0 Å². The summed E-state index contributed by atoms with van der Waals surface area (Å²) in [4.78, 5) is 13.4. The third-order valence-electron chi connectivity index (χ3n) is 6.23. The number of fused-ring (bicyclic) bond motifs is 1. The van der Waals surface area contributed by atoms with Crippen LogP contribution in [0.5, 0.6) is 0 Å². The normalized spacial score (nSPS) is 15.5. The monoisotopic (exact) mass is 424 g/mol. The molecular weight excluding hydrogens is 392 g/mol. The lowest BCUT2D eigenvalue weighted by Crippen LogP contribution is -2.35. The molecule has 3 aromatic rings. The first kappa shape index (κ1) is 21.2. The number of aromatic nitrogens is 3. The van der Waals surface area contributed by atoms with Gasteiger partial charge in [0.25, 0.3) is 0 Å². The fourth-order valence-electron chi connectivity index (χ4n) is 4.38. The Hall–Kier alpha value is -2.05. The molecule has 0 unspecified atom stereocenters. The summed E-state index contributed by atoms with van der Waals surface area (Å²) in [6.07, 6.45) is 6.35. The van der Waals surface area contributed by atoms with Gasteiger partial charge in [-0.1, -0.05) is 19.9 Å². The van der Waals surface area contributed by atoms with E-state index in [-0.39, 0.29) is 6.61 Å². The fraction of sp³-hybridized carbons (Fsp3) is 0.500. The van der Waals surface area contributed by atoms with E-state index in [1.54, 1.807) is 11.8 Å². The highest BCUT2D eigenvalue weighted by molar-refractivity contribution is 7.98. The van der Waals surface area contributed by atoms with Crippen LogP contribution in [-0.4, -0.2) is 45.6 Å². The van der Waals surface area contributed by atoms with Gasteiger partial charge in [-0.05, 0) is 68.0 Å². The van der Waals surface area contributed by atoms with Gasteiger partial charge < -0.3 is 10.0 Å². The van der Waals surface area contributed by atoms with Crippen LogP contribution < -0.4 is 4.90 Å². The molecule has 160 valence electrons. The Morgan fingerprint density at radius 2 is 1.90 bits per heavy atom. The van der Waals surface area contributed by atoms with E-state index >= 15 is 0 Å². The summed E-state index contributed by atoms with van der Waals surface area (Å²) in [5.74, 6) is 2.75. The van der Waals surface area contributed by atoms with Crippen LogP contribution in [0.25, 0.3) is 16.7 Å². The predicted molar refractivity (Wildman–Crippen MR) is 126 cm³/mol. The van der Waals surface area contributed by atoms with E-state index in [9.17, 15) is 5.11 Å². The van der Waals surface area contributed by atoms with Crippen LogP contribution in [0.4, 0.5) is 5.82 Å². The van der Waals surface area contributed by atoms with Crippen molar-refractivity contribution in [3.8, 4) is 5.69 Å². The van der Waals surface area contributed by atoms with E-state index in [2.05, 4.69) is 60.9 Å². The molecule has 1 N–H and O–H groups in total. The Morgan fingerprint density at radius 3 is 2.53 bits per heavy atom.